The maximum atomic E-state index is 14.0. The largest absolute Gasteiger partial charge is 0.416 e. The monoisotopic (exact) mass is 385 g/mol. The lowest BCUT2D eigenvalue weighted by atomic mass is 9.92. The van der Waals surface area contributed by atoms with Crippen LogP contribution in [-0.2, 0) is 18.1 Å². The minimum absolute atomic E-state index is 0.279. The van der Waals surface area contributed by atoms with Gasteiger partial charge in [-0.05, 0) is 24.6 Å². The van der Waals surface area contributed by atoms with Crippen LogP contribution < -0.4 is 5.32 Å². The van der Waals surface area contributed by atoms with Crippen LogP contribution in [0.2, 0.25) is 0 Å². The van der Waals surface area contributed by atoms with Crippen molar-refractivity contribution < 1.29 is 22.4 Å². The highest BCUT2D eigenvalue weighted by Gasteiger charge is 2.32. The zero-order valence-electron chi connectivity index (χ0n) is 15.7. The van der Waals surface area contributed by atoms with Gasteiger partial charge in [-0.25, -0.2) is 9.07 Å². The molecule has 0 fully saturated rings. The van der Waals surface area contributed by atoms with Crippen LogP contribution in [0.25, 0.3) is 0 Å². The van der Waals surface area contributed by atoms with Gasteiger partial charge in [-0.2, -0.15) is 18.3 Å². The number of halogens is 4. The third kappa shape index (κ3) is 5.08. The summed E-state index contributed by atoms with van der Waals surface area (Å²) in [7, 11) is 0. The number of aromatic nitrogens is 2. The van der Waals surface area contributed by atoms with Crippen LogP contribution in [0.5, 0.6) is 0 Å². The summed E-state index contributed by atoms with van der Waals surface area (Å²) in [5.74, 6) is -1.64. The molecule has 0 aliphatic carbocycles. The standard InChI is InChI=1S/C19H23F4N3O/c1-5-6-9-26-16(11-15(25-26)18(2,3)4)24-17(27)13-10-12(19(21,22)23)7-8-14(13)20/h7-8,10-11H,5-6,9H2,1-4H3,(H,24,27). The molecule has 0 unspecified atom stereocenters. The molecule has 0 spiro atoms. The molecule has 0 saturated carbocycles. The number of carbonyl (C=O) groups excluding carboxylic acids is 1. The second-order valence-corrected chi connectivity index (χ2v) is 7.39. The summed E-state index contributed by atoms with van der Waals surface area (Å²) >= 11 is 0. The molecule has 0 atom stereocenters. The number of aryl methyl sites for hydroxylation is 1. The molecule has 27 heavy (non-hydrogen) atoms. The molecule has 0 aliphatic heterocycles. The van der Waals surface area contributed by atoms with Crippen molar-refractivity contribution in [3.05, 3.63) is 46.9 Å². The van der Waals surface area contributed by atoms with Crippen molar-refractivity contribution in [3.63, 3.8) is 0 Å². The maximum absolute atomic E-state index is 14.0. The van der Waals surface area contributed by atoms with Gasteiger partial charge in [0.2, 0.25) is 0 Å². The summed E-state index contributed by atoms with van der Waals surface area (Å²) in [5, 5.41) is 6.98. The van der Waals surface area contributed by atoms with E-state index in [0.717, 1.165) is 18.5 Å². The van der Waals surface area contributed by atoms with Gasteiger partial charge in [-0.1, -0.05) is 34.1 Å². The molecule has 4 nitrogen and oxygen atoms in total. The van der Waals surface area contributed by atoms with Gasteiger partial charge in [-0.15, -0.1) is 0 Å². The highest BCUT2D eigenvalue weighted by Crippen LogP contribution is 2.31. The number of hydrogen-bond donors (Lipinski definition) is 1. The Labute approximate surface area is 155 Å². The van der Waals surface area contributed by atoms with E-state index in [1.54, 1.807) is 10.7 Å². The van der Waals surface area contributed by atoms with E-state index in [1.165, 1.54) is 0 Å². The Balaban J connectivity index is 2.36. The van der Waals surface area contributed by atoms with E-state index in [4.69, 9.17) is 0 Å². The molecular weight excluding hydrogens is 362 g/mol. The average molecular weight is 385 g/mol. The zero-order chi connectivity index (χ0) is 20.4. The van der Waals surface area contributed by atoms with Crippen molar-refractivity contribution in [1.82, 2.24) is 9.78 Å². The first-order valence-electron chi connectivity index (χ1n) is 8.70. The third-order valence-electron chi connectivity index (χ3n) is 4.05. The lowest BCUT2D eigenvalue weighted by molar-refractivity contribution is -0.137. The van der Waals surface area contributed by atoms with E-state index in [-0.39, 0.29) is 5.41 Å². The normalized spacial score (nSPS) is 12.3. The fraction of sp³-hybridized carbons (Fsp3) is 0.474. The molecule has 2 aromatic rings. The van der Waals surface area contributed by atoms with Crippen LogP contribution in [-0.4, -0.2) is 15.7 Å². The number of nitrogens with zero attached hydrogens (tertiary/aromatic N) is 2. The van der Waals surface area contributed by atoms with Crippen LogP contribution in [0.3, 0.4) is 0 Å². The van der Waals surface area contributed by atoms with Gasteiger partial charge in [-0.3, -0.25) is 4.79 Å². The number of benzene rings is 1. The molecule has 1 amide bonds. The van der Waals surface area contributed by atoms with Crippen LogP contribution in [0.1, 0.15) is 62.2 Å². The summed E-state index contributed by atoms with van der Waals surface area (Å²) in [4.78, 5) is 12.4. The van der Waals surface area contributed by atoms with E-state index >= 15 is 0 Å². The molecule has 0 radical (unpaired) electrons. The molecule has 0 saturated heterocycles. The molecule has 1 heterocycles. The Bertz CT molecular complexity index is 819. The molecule has 2 rings (SSSR count). The fourth-order valence-corrected chi connectivity index (χ4v) is 2.42. The van der Waals surface area contributed by atoms with Crippen molar-refractivity contribution in [3.8, 4) is 0 Å². The Kier molecular flexibility index (Phi) is 5.97. The first-order chi connectivity index (χ1) is 12.4. The summed E-state index contributed by atoms with van der Waals surface area (Å²) in [6.45, 7) is 8.41. The van der Waals surface area contributed by atoms with Crippen molar-refractivity contribution in [1.29, 1.82) is 0 Å². The number of carbonyl (C=O) groups is 1. The van der Waals surface area contributed by atoms with Gasteiger partial charge in [0.1, 0.15) is 11.6 Å². The molecule has 8 heteroatoms. The molecular formula is C19H23F4N3O. The fourth-order valence-electron chi connectivity index (χ4n) is 2.42. The van der Waals surface area contributed by atoms with Crippen LogP contribution in [0.15, 0.2) is 24.3 Å². The first kappa shape index (κ1) is 20.9. The number of nitrogens with one attached hydrogen (secondary N) is 1. The van der Waals surface area contributed by atoms with Gasteiger partial charge >= 0.3 is 6.18 Å². The number of hydrogen-bond acceptors (Lipinski definition) is 2. The highest BCUT2D eigenvalue weighted by atomic mass is 19.4. The van der Waals surface area contributed by atoms with Crippen molar-refractivity contribution >= 4 is 11.7 Å². The summed E-state index contributed by atoms with van der Waals surface area (Å²) in [5.41, 5.74) is -1.30. The Morgan fingerprint density at radius 3 is 2.41 bits per heavy atom. The summed E-state index contributed by atoms with van der Waals surface area (Å²) in [6, 6.07) is 3.43. The van der Waals surface area contributed by atoms with Gasteiger partial charge in [0.25, 0.3) is 5.91 Å². The Hall–Kier alpha value is -2.38. The number of amides is 1. The number of anilines is 1. The van der Waals surface area contributed by atoms with Crippen molar-refractivity contribution in [2.75, 3.05) is 5.32 Å². The van der Waals surface area contributed by atoms with Crippen LogP contribution in [0, 0.1) is 5.82 Å². The molecule has 148 valence electrons. The van der Waals surface area contributed by atoms with E-state index in [2.05, 4.69) is 10.4 Å². The van der Waals surface area contributed by atoms with Crippen LogP contribution >= 0.6 is 0 Å². The zero-order valence-corrected chi connectivity index (χ0v) is 15.7. The topological polar surface area (TPSA) is 46.9 Å². The minimum atomic E-state index is -4.66. The van der Waals surface area contributed by atoms with Crippen molar-refractivity contribution in [2.45, 2.75) is 58.7 Å². The third-order valence-corrected chi connectivity index (χ3v) is 4.05. The maximum Gasteiger partial charge on any atom is 0.416 e. The highest BCUT2D eigenvalue weighted by molar-refractivity contribution is 6.04. The second kappa shape index (κ2) is 7.70. The molecule has 1 aromatic heterocycles. The summed E-state index contributed by atoms with van der Waals surface area (Å²) in [6.07, 6.45) is -2.95. The molecule has 1 N–H and O–H groups in total. The predicted molar refractivity (Wildman–Crippen MR) is 95.2 cm³/mol. The summed E-state index contributed by atoms with van der Waals surface area (Å²) < 4.78 is 54.1. The molecule has 0 aliphatic rings. The Morgan fingerprint density at radius 1 is 1.19 bits per heavy atom. The van der Waals surface area contributed by atoms with E-state index in [0.29, 0.717) is 30.6 Å². The smallest absolute Gasteiger partial charge is 0.307 e. The predicted octanol–water partition coefficient (Wildman–Crippen LogP) is 5.39. The van der Waals surface area contributed by atoms with Crippen molar-refractivity contribution in [2.24, 2.45) is 0 Å². The number of alkyl halides is 3. The number of rotatable bonds is 5. The van der Waals surface area contributed by atoms with Crippen LogP contribution in [0.4, 0.5) is 23.4 Å². The first-order valence-corrected chi connectivity index (χ1v) is 8.70. The SMILES string of the molecule is CCCCn1nc(C(C)(C)C)cc1NC(=O)c1cc(C(F)(F)F)ccc1F. The average Bonchev–Trinajstić information content (AvgIpc) is 2.95. The lowest BCUT2D eigenvalue weighted by Crippen LogP contribution is -2.18. The second-order valence-electron chi connectivity index (χ2n) is 7.39. The van der Waals surface area contributed by atoms with Gasteiger partial charge < -0.3 is 5.32 Å². The lowest BCUT2D eigenvalue weighted by Gasteiger charge is -2.14. The minimum Gasteiger partial charge on any atom is -0.307 e. The number of unbranched alkanes of at least 4 members (excludes halogenated alkanes) is 1. The van der Waals surface area contributed by atoms with Gasteiger partial charge in [0.05, 0.1) is 16.8 Å². The van der Waals surface area contributed by atoms with Gasteiger partial charge in [0, 0.05) is 18.0 Å². The van der Waals surface area contributed by atoms with E-state index < -0.39 is 29.0 Å². The quantitative estimate of drug-likeness (QED) is 0.702. The van der Waals surface area contributed by atoms with Gasteiger partial charge in [0.15, 0.2) is 0 Å². The Morgan fingerprint density at radius 2 is 1.85 bits per heavy atom. The molecule has 0 bridgehead atoms. The van der Waals surface area contributed by atoms with E-state index in [1.807, 2.05) is 27.7 Å². The molecule has 1 aromatic carbocycles. The van der Waals surface area contributed by atoms with E-state index in [9.17, 15) is 22.4 Å².